The number of hydrogen-bond acceptors (Lipinski definition) is 4. The van der Waals surface area contributed by atoms with Crippen LogP contribution in [-0.4, -0.2) is 25.0 Å². The molecule has 0 saturated heterocycles. The highest BCUT2D eigenvalue weighted by molar-refractivity contribution is 5.99. The molecular weight excluding hydrogens is 258 g/mol. The first-order valence-corrected chi connectivity index (χ1v) is 6.21. The lowest BCUT2D eigenvalue weighted by atomic mass is 9.87. The van der Waals surface area contributed by atoms with E-state index in [1.165, 1.54) is 19.2 Å². The summed E-state index contributed by atoms with van der Waals surface area (Å²) in [5.41, 5.74) is 11.4. The van der Waals surface area contributed by atoms with Crippen molar-refractivity contribution in [2.45, 2.75) is 26.8 Å². The van der Waals surface area contributed by atoms with Gasteiger partial charge >= 0.3 is 0 Å². The molecule has 6 nitrogen and oxygen atoms in total. The highest BCUT2D eigenvalue weighted by atomic mass is 16.5. The molecule has 0 bridgehead atoms. The molecule has 0 aliphatic rings. The summed E-state index contributed by atoms with van der Waals surface area (Å²) in [6.45, 7) is 5.61. The summed E-state index contributed by atoms with van der Waals surface area (Å²) in [6, 6.07) is 3.87. The molecule has 0 aliphatic carbocycles. The van der Waals surface area contributed by atoms with Crippen molar-refractivity contribution in [2.24, 2.45) is 16.9 Å². The monoisotopic (exact) mass is 279 g/mol. The standard InChI is InChI=1S/C14H21N3O3/c1-14(2,3)11(15)13(19)17-9-7-8(12(16)18)5-6-10(9)20-4/h5-7,11H,15H2,1-4H3,(H2,16,18)(H,17,19). The van der Waals surface area contributed by atoms with E-state index in [4.69, 9.17) is 16.2 Å². The fourth-order valence-corrected chi connectivity index (χ4v) is 1.56. The molecule has 20 heavy (non-hydrogen) atoms. The molecule has 0 heterocycles. The topological polar surface area (TPSA) is 107 Å². The van der Waals surface area contributed by atoms with Crippen LogP contribution in [0.25, 0.3) is 0 Å². The summed E-state index contributed by atoms with van der Waals surface area (Å²) >= 11 is 0. The van der Waals surface area contributed by atoms with Crippen LogP contribution in [0.3, 0.4) is 0 Å². The van der Waals surface area contributed by atoms with Gasteiger partial charge in [0.05, 0.1) is 18.8 Å². The third kappa shape index (κ3) is 3.71. The first-order valence-electron chi connectivity index (χ1n) is 6.21. The Bertz CT molecular complexity index is 521. The number of primary amides is 1. The first-order chi connectivity index (χ1) is 9.16. The van der Waals surface area contributed by atoms with Gasteiger partial charge < -0.3 is 21.5 Å². The van der Waals surface area contributed by atoms with Crippen LogP contribution in [0, 0.1) is 5.41 Å². The average molecular weight is 279 g/mol. The Hall–Kier alpha value is -2.08. The molecule has 1 aromatic carbocycles. The molecule has 5 N–H and O–H groups in total. The molecule has 1 atom stereocenters. The lowest BCUT2D eigenvalue weighted by molar-refractivity contribution is -0.119. The maximum absolute atomic E-state index is 12.1. The smallest absolute Gasteiger partial charge is 0.248 e. The molecule has 1 rings (SSSR count). The van der Waals surface area contributed by atoms with Crippen molar-refractivity contribution in [1.29, 1.82) is 0 Å². The first kappa shape index (κ1) is 16.0. The molecule has 0 radical (unpaired) electrons. The number of benzene rings is 1. The molecule has 1 aromatic rings. The van der Waals surface area contributed by atoms with Crippen LogP contribution in [0.2, 0.25) is 0 Å². The van der Waals surface area contributed by atoms with Gasteiger partial charge in [-0.3, -0.25) is 9.59 Å². The van der Waals surface area contributed by atoms with Gasteiger partial charge in [0.15, 0.2) is 0 Å². The SMILES string of the molecule is COc1ccc(C(N)=O)cc1NC(=O)C(N)C(C)(C)C. The van der Waals surface area contributed by atoms with Gasteiger partial charge in [-0.2, -0.15) is 0 Å². The Morgan fingerprint density at radius 3 is 2.35 bits per heavy atom. The highest BCUT2D eigenvalue weighted by Gasteiger charge is 2.28. The molecule has 0 fully saturated rings. The van der Waals surface area contributed by atoms with Gasteiger partial charge in [-0.1, -0.05) is 20.8 Å². The van der Waals surface area contributed by atoms with Gasteiger partial charge in [0.25, 0.3) is 0 Å². The molecule has 0 spiro atoms. The third-order valence-corrected chi connectivity index (χ3v) is 2.96. The summed E-state index contributed by atoms with van der Waals surface area (Å²) < 4.78 is 5.14. The van der Waals surface area contributed by atoms with E-state index in [9.17, 15) is 9.59 Å². The Morgan fingerprint density at radius 2 is 1.90 bits per heavy atom. The number of methoxy groups -OCH3 is 1. The predicted molar refractivity (Wildman–Crippen MR) is 77.6 cm³/mol. The summed E-state index contributed by atoms with van der Waals surface area (Å²) in [5, 5.41) is 2.67. The Labute approximate surface area is 118 Å². The van der Waals surface area contributed by atoms with E-state index in [-0.39, 0.29) is 16.9 Å². The van der Waals surface area contributed by atoms with Crippen molar-refractivity contribution in [3.05, 3.63) is 23.8 Å². The van der Waals surface area contributed by atoms with Gasteiger partial charge in [0, 0.05) is 5.56 Å². The van der Waals surface area contributed by atoms with E-state index >= 15 is 0 Å². The zero-order valence-electron chi connectivity index (χ0n) is 12.2. The zero-order chi connectivity index (χ0) is 15.5. The molecule has 2 amide bonds. The number of carbonyl (C=O) groups is 2. The Balaban J connectivity index is 3.04. The second-order valence-corrected chi connectivity index (χ2v) is 5.61. The van der Waals surface area contributed by atoms with E-state index in [1.807, 2.05) is 20.8 Å². The Morgan fingerprint density at radius 1 is 1.30 bits per heavy atom. The van der Waals surface area contributed by atoms with Crippen LogP contribution in [0.4, 0.5) is 5.69 Å². The number of nitrogens with one attached hydrogen (secondary N) is 1. The third-order valence-electron chi connectivity index (χ3n) is 2.96. The van der Waals surface area contributed by atoms with E-state index in [0.29, 0.717) is 11.4 Å². The molecular formula is C14H21N3O3. The second kappa shape index (κ2) is 5.92. The van der Waals surface area contributed by atoms with Crippen molar-refractivity contribution in [3.8, 4) is 5.75 Å². The summed E-state index contributed by atoms with van der Waals surface area (Å²) in [6.07, 6.45) is 0. The van der Waals surface area contributed by atoms with Gasteiger partial charge in [-0.25, -0.2) is 0 Å². The van der Waals surface area contributed by atoms with Crippen molar-refractivity contribution in [3.63, 3.8) is 0 Å². The van der Waals surface area contributed by atoms with Crippen molar-refractivity contribution in [1.82, 2.24) is 0 Å². The van der Waals surface area contributed by atoms with Crippen molar-refractivity contribution < 1.29 is 14.3 Å². The average Bonchev–Trinajstić information content (AvgIpc) is 2.36. The zero-order valence-corrected chi connectivity index (χ0v) is 12.2. The quantitative estimate of drug-likeness (QED) is 0.767. The number of carbonyl (C=O) groups excluding carboxylic acids is 2. The van der Waals surface area contributed by atoms with E-state index < -0.39 is 11.9 Å². The van der Waals surface area contributed by atoms with Gasteiger partial charge in [-0.15, -0.1) is 0 Å². The molecule has 0 aliphatic heterocycles. The fourth-order valence-electron chi connectivity index (χ4n) is 1.56. The summed E-state index contributed by atoms with van der Waals surface area (Å²) in [4.78, 5) is 23.3. The summed E-state index contributed by atoms with van der Waals surface area (Å²) in [7, 11) is 1.47. The van der Waals surface area contributed by atoms with Crippen LogP contribution < -0.4 is 21.5 Å². The highest BCUT2D eigenvalue weighted by Crippen LogP contribution is 2.27. The van der Waals surface area contributed by atoms with E-state index in [0.717, 1.165) is 0 Å². The second-order valence-electron chi connectivity index (χ2n) is 5.61. The number of anilines is 1. The van der Waals surface area contributed by atoms with Crippen molar-refractivity contribution >= 4 is 17.5 Å². The van der Waals surface area contributed by atoms with E-state index in [2.05, 4.69) is 5.32 Å². The lowest BCUT2D eigenvalue weighted by Crippen LogP contribution is -2.45. The Kier molecular flexibility index (Phi) is 4.73. The minimum Gasteiger partial charge on any atom is -0.495 e. The van der Waals surface area contributed by atoms with Gasteiger partial charge in [-0.05, 0) is 23.6 Å². The molecule has 0 saturated carbocycles. The fraction of sp³-hybridized carbons (Fsp3) is 0.429. The van der Waals surface area contributed by atoms with Gasteiger partial charge in [0.2, 0.25) is 11.8 Å². The van der Waals surface area contributed by atoms with Gasteiger partial charge in [0.1, 0.15) is 5.75 Å². The number of ether oxygens (including phenoxy) is 1. The molecule has 110 valence electrons. The van der Waals surface area contributed by atoms with Crippen LogP contribution in [-0.2, 0) is 4.79 Å². The largest absolute Gasteiger partial charge is 0.495 e. The number of nitrogens with two attached hydrogens (primary N) is 2. The minimum atomic E-state index is -0.690. The summed E-state index contributed by atoms with van der Waals surface area (Å²) in [5.74, 6) is -0.495. The maximum atomic E-state index is 12.1. The van der Waals surface area contributed by atoms with Crippen LogP contribution in [0.1, 0.15) is 31.1 Å². The van der Waals surface area contributed by atoms with E-state index in [1.54, 1.807) is 6.07 Å². The van der Waals surface area contributed by atoms with Crippen LogP contribution in [0.15, 0.2) is 18.2 Å². The maximum Gasteiger partial charge on any atom is 0.248 e. The predicted octanol–water partition coefficient (Wildman–Crippen LogP) is 1.11. The number of rotatable bonds is 4. The van der Waals surface area contributed by atoms with Crippen LogP contribution >= 0.6 is 0 Å². The number of amides is 2. The molecule has 0 aromatic heterocycles. The lowest BCUT2D eigenvalue weighted by Gasteiger charge is -2.26. The molecule has 6 heteroatoms. The molecule has 1 unspecified atom stereocenters. The van der Waals surface area contributed by atoms with Crippen molar-refractivity contribution in [2.75, 3.05) is 12.4 Å². The number of hydrogen-bond donors (Lipinski definition) is 3. The minimum absolute atomic E-state index is 0.283. The van der Waals surface area contributed by atoms with Crippen LogP contribution in [0.5, 0.6) is 5.75 Å². The normalized spacial score (nSPS) is 12.7.